The Labute approximate surface area is 175 Å². The molecule has 0 aliphatic heterocycles. The standard InChI is InChI=1S/C20H15Cl2FN2O4/c1-2-25-17(29-10-13-5-4-12(23)9-24-13)8-16(26)18(20(27)28)19(25)11-3-6-14(21)15(22)7-11/h3-9H,2,10H2,1H3,(H,27,28). The number of aromatic carboxylic acids is 1. The van der Waals surface area contributed by atoms with Gasteiger partial charge in [0.1, 0.15) is 18.0 Å². The van der Waals surface area contributed by atoms with Crippen molar-refractivity contribution < 1.29 is 19.0 Å². The SMILES string of the molecule is CCn1c(OCc2ccc(F)cn2)cc(=O)c(C(=O)O)c1-c1ccc(Cl)c(Cl)c1. The Morgan fingerprint density at radius 2 is 1.97 bits per heavy atom. The lowest BCUT2D eigenvalue weighted by Gasteiger charge is -2.20. The van der Waals surface area contributed by atoms with Crippen LogP contribution in [0.3, 0.4) is 0 Å². The van der Waals surface area contributed by atoms with Gasteiger partial charge in [-0.15, -0.1) is 0 Å². The van der Waals surface area contributed by atoms with Crippen LogP contribution >= 0.6 is 23.2 Å². The van der Waals surface area contributed by atoms with E-state index in [1.165, 1.54) is 24.3 Å². The van der Waals surface area contributed by atoms with Crippen molar-refractivity contribution in [3.63, 3.8) is 0 Å². The number of pyridine rings is 2. The highest BCUT2D eigenvalue weighted by molar-refractivity contribution is 6.42. The van der Waals surface area contributed by atoms with Crippen molar-refractivity contribution in [3.8, 4) is 17.1 Å². The first-order valence-corrected chi connectivity index (χ1v) is 9.27. The molecule has 0 unspecified atom stereocenters. The van der Waals surface area contributed by atoms with Gasteiger partial charge in [0.05, 0.1) is 27.6 Å². The lowest BCUT2D eigenvalue weighted by molar-refractivity contribution is 0.0695. The molecule has 2 aromatic heterocycles. The van der Waals surface area contributed by atoms with E-state index >= 15 is 0 Å². The highest BCUT2D eigenvalue weighted by Gasteiger charge is 2.23. The van der Waals surface area contributed by atoms with Crippen LogP contribution in [0.4, 0.5) is 4.39 Å². The zero-order chi connectivity index (χ0) is 21.1. The van der Waals surface area contributed by atoms with Crippen molar-refractivity contribution in [2.75, 3.05) is 0 Å². The van der Waals surface area contributed by atoms with Crippen molar-refractivity contribution in [2.45, 2.75) is 20.1 Å². The Balaban J connectivity index is 2.14. The number of carboxylic acid groups (broad SMARTS) is 1. The number of halogens is 3. The first kappa shape index (κ1) is 20.8. The quantitative estimate of drug-likeness (QED) is 0.607. The summed E-state index contributed by atoms with van der Waals surface area (Å²) in [6.07, 6.45) is 1.06. The highest BCUT2D eigenvalue weighted by Crippen LogP contribution is 2.32. The Kier molecular flexibility index (Phi) is 6.20. The average Bonchev–Trinajstić information content (AvgIpc) is 2.68. The van der Waals surface area contributed by atoms with E-state index in [-0.39, 0.29) is 23.2 Å². The number of carboxylic acids is 1. The summed E-state index contributed by atoms with van der Waals surface area (Å²) in [4.78, 5) is 28.3. The molecule has 0 amide bonds. The fourth-order valence-electron chi connectivity index (χ4n) is 2.85. The van der Waals surface area contributed by atoms with E-state index in [1.807, 2.05) is 0 Å². The summed E-state index contributed by atoms with van der Waals surface area (Å²) >= 11 is 12.0. The van der Waals surface area contributed by atoms with Crippen LogP contribution in [-0.4, -0.2) is 20.6 Å². The van der Waals surface area contributed by atoms with Gasteiger partial charge >= 0.3 is 5.97 Å². The monoisotopic (exact) mass is 436 g/mol. The minimum absolute atomic E-state index is 0.0348. The van der Waals surface area contributed by atoms with Crippen molar-refractivity contribution in [3.05, 3.63) is 79.9 Å². The van der Waals surface area contributed by atoms with E-state index < -0.39 is 22.8 Å². The molecule has 3 aromatic rings. The summed E-state index contributed by atoms with van der Waals surface area (Å²) in [5, 5.41) is 10.1. The fourth-order valence-corrected chi connectivity index (χ4v) is 3.15. The largest absolute Gasteiger partial charge is 0.477 e. The maximum Gasteiger partial charge on any atom is 0.341 e. The predicted molar refractivity (Wildman–Crippen MR) is 107 cm³/mol. The smallest absolute Gasteiger partial charge is 0.341 e. The third-order valence-corrected chi connectivity index (χ3v) is 4.89. The van der Waals surface area contributed by atoms with Gasteiger partial charge in [-0.3, -0.25) is 9.78 Å². The van der Waals surface area contributed by atoms with E-state index in [9.17, 15) is 19.1 Å². The van der Waals surface area contributed by atoms with Gasteiger partial charge in [-0.2, -0.15) is 0 Å². The van der Waals surface area contributed by atoms with E-state index in [4.69, 9.17) is 27.9 Å². The Morgan fingerprint density at radius 1 is 1.21 bits per heavy atom. The first-order valence-electron chi connectivity index (χ1n) is 8.51. The predicted octanol–water partition coefficient (Wildman–Crippen LogP) is 4.65. The first-order chi connectivity index (χ1) is 13.8. The van der Waals surface area contributed by atoms with Crippen molar-refractivity contribution >= 4 is 29.2 Å². The fraction of sp³-hybridized carbons (Fsp3) is 0.150. The van der Waals surface area contributed by atoms with Gasteiger partial charge in [0, 0.05) is 18.2 Å². The van der Waals surface area contributed by atoms with Gasteiger partial charge in [-0.05, 0) is 31.2 Å². The molecule has 0 aliphatic carbocycles. The molecule has 0 radical (unpaired) electrons. The lowest BCUT2D eigenvalue weighted by Crippen LogP contribution is -2.22. The van der Waals surface area contributed by atoms with Crippen molar-refractivity contribution in [1.29, 1.82) is 0 Å². The van der Waals surface area contributed by atoms with Crippen LogP contribution < -0.4 is 10.2 Å². The number of rotatable bonds is 6. The zero-order valence-electron chi connectivity index (χ0n) is 15.2. The molecule has 1 N–H and O–H groups in total. The third kappa shape index (κ3) is 4.41. The summed E-state index contributed by atoms with van der Waals surface area (Å²) in [6, 6.07) is 8.39. The van der Waals surface area contributed by atoms with Crippen LogP contribution in [0.5, 0.6) is 5.88 Å². The van der Waals surface area contributed by atoms with Gasteiger partial charge in [0.2, 0.25) is 5.43 Å². The van der Waals surface area contributed by atoms with E-state index in [0.29, 0.717) is 22.8 Å². The number of carbonyl (C=O) groups is 1. The van der Waals surface area contributed by atoms with Crippen LogP contribution in [0.15, 0.2) is 47.4 Å². The Morgan fingerprint density at radius 3 is 2.55 bits per heavy atom. The van der Waals surface area contributed by atoms with Crippen LogP contribution in [-0.2, 0) is 13.2 Å². The van der Waals surface area contributed by atoms with E-state index in [0.717, 1.165) is 12.3 Å². The normalized spacial score (nSPS) is 10.8. The molecule has 9 heteroatoms. The molecule has 6 nitrogen and oxygen atoms in total. The van der Waals surface area contributed by atoms with Gasteiger partial charge in [-0.1, -0.05) is 29.3 Å². The second-order valence-electron chi connectivity index (χ2n) is 6.01. The molecule has 29 heavy (non-hydrogen) atoms. The molecule has 2 heterocycles. The number of hydrogen-bond donors (Lipinski definition) is 1. The molecule has 0 saturated carbocycles. The van der Waals surface area contributed by atoms with Crippen molar-refractivity contribution in [2.24, 2.45) is 0 Å². The minimum Gasteiger partial charge on any atom is -0.477 e. The molecule has 0 fully saturated rings. The van der Waals surface area contributed by atoms with Gasteiger partial charge in [0.25, 0.3) is 0 Å². The summed E-state index contributed by atoms with van der Waals surface area (Å²) in [5.41, 5.74) is -0.128. The van der Waals surface area contributed by atoms with Crippen LogP contribution in [0.2, 0.25) is 10.0 Å². The average molecular weight is 437 g/mol. The Hall–Kier alpha value is -2.90. The number of ether oxygens (including phenoxy) is 1. The van der Waals surface area contributed by atoms with Crippen LogP contribution in [0, 0.1) is 5.82 Å². The summed E-state index contributed by atoms with van der Waals surface area (Å²) in [7, 11) is 0. The summed E-state index contributed by atoms with van der Waals surface area (Å²) < 4.78 is 20.3. The maximum absolute atomic E-state index is 13.0. The van der Waals surface area contributed by atoms with Gasteiger partial charge < -0.3 is 14.4 Å². The summed E-state index contributed by atoms with van der Waals surface area (Å²) in [6.45, 7) is 2.05. The molecule has 0 saturated heterocycles. The molecule has 0 aliphatic rings. The number of nitrogens with zero attached hydrogens (tertiary/aromatic N) is 2. The van der Waals surface area contributed by atoms with Gasteiger partial charge in [0.15, 0.2) is 5.88 Å². The molecule has 150 valence electrons. The molecule has 0 spiro atoms. The number of hydrogen-bond acceptors (Lipinski definition) is 4. The van der Waals surface area contributed by atoms with E-state index in [2.05, 4.69) is 4.98 Å². The third-order valence-electron chi connectivity index (χ3n) is 4.15. The number of benzene rings is 1. The number of aromatic nitrogens is 2. The molecular weight excluding hydrogens is 422 g/mol. The zero-order valence-corrected chi connectivity index (χ0v) is 16.7. The van der Waals surface area contributed by atoms with E-state index in [1.54, 1.807) is 17.6 Å². The molecule has 0 atom stereocenters. The molecule has 0 bridgehead atoms. The van der Waals surface area contributed by atoms with Crippen LogP contribution in [0.1, 0.15) is 23.0 Å². The summed E-state index contributed by atoms with van der Waals surface area (Å²) in [5.74, 6) is -1.70. The van der Waals surface area contributed by atoms with Gasteiger partial charge in [-0.25, -0.2) is 9.18 Å². The molecular formula is C20H15Cl2FN2O4. The topological polar surface area (TPSA) is 81.4 Å². The second kappa shape index (κ2) is 8.63. The van der Waals surface area contributed by atoms with Crippen molar-refractivity contribution in [1.82, 2.24) is 9.55 Å². The van der Waals surface area contributed by atoms with Crippen LogP contribution in [0.25, 0.3) is 11.3 Å². The minimum atomic E-state index is -1.37. The Bertz CT molecular complexity index is 1130. The highest BCUT2D eigenvalue weighted by atomic mass is 35.5. The maximum atomic E-state index is 13.0. The molecule has 1 aromatic carbocycles. The molecule has 3 rings (SSSR count). The lowest BCUT2D eigenvalue weighted by atomic mass is 10.0. The second-order valence-corrected chi connectivity index (χ2v) is 6.82.